The van der Waals surface area contributed by atoms with E-state index in [-0.39, 0.29) is 6.10 Å². The van der Waals surface area contributed by atoms with Gasteiger partial charge in [0.05, 0.1) is 6.10 Å². The maximum absolute atomic E-state index is 11.9. The number of aryl methyl sites for hydroxylation is 1. The maximum Gasteiger partial charge on any atom is 0.239 e. The van der Waals surface area contributed by atoms with Gasteiger partial charge in [0.25, 0.3) is 0 Å². The zero-order chi connectivity index (χ0) is 23.5. The predicted molar refractivity (Wildman–Crippen MR) is 133 cm³/mol. The van der Waals surface area contributed by atoms with Crippen molar-refractivity contribution >= 4 is 5.95 Å². The second-order valence-electron chi connectivity index (χ2n) is 13.2. The molecule has 186 valence electrons. The minimum absolute atomic E-state index is 0.0979. The molecule has 4 N–H and O–H groups in total. The van der Waals surface area contributed by atoms with Crippen LogP contribution in [0.2, 0.25) is 0 Å². The number of nitrogens with zero attached hydrogens (tertiary/aromatic N) is 2. The number of hydrogen-bond acceptors (Lipinski definition) is 4. The summed E-state index contributed by atoms with van der Waals surface area (Å²) in [6.07, 6.45) is 12.5. The summed E-state index contributed by atoms with van der Waals surface area (Å²) in [5.74, 6) is 6.62. The van der Waals surface area contributed by atoms with Crippen LogP contribution < -0.4 is 5.73 Å². The largest absolute Gasteiger partial charge is 0.393 e. The van der Waals surface area contributed by atoms with Crippen LogP contribution in [0.15, 0.2) is 0 Å². The van der Waals surface area contributed by atoms with E-state index in [4.69, 9.17) is 5.73 Å². The highest BCUT2D eigenvalue weighted by atomic mass is 16.3. The molecule has 4 fully saturated rings. The molecule has 4 saturated carbocycles. The standard InChI is InChI=1S/C28H48N4O/c1-6-18-22-15-16(2)11-13-28(22,5)21-12-14-27(4)19(8-9-20(27)24(21)25(18)33)17(3)7-10-23-30-26(29)32-31-23/h16-22,24-25,33H,6-15H2,1-5H3,(H3,29,30,31,32)/t16-,17+,18+,19+,20-,21-,22-,24-,25+,27+,28+/m0/s1. The van der Waals surface area contributed by atoms with Crippen LogP contribution in [0.3, 0.4) is 0 Å². The summed E-state index contributed by atoms with van der Waals surface area (Å²) in [7, 11) is 0. The topological polar surface area (TPSA) is 87.8 Å². The Labute approximate surface area is 201 Å². The molecular weight excluding hydrogens is 408 g/mol. The molecule has 4 aliphatic carbocycles. The van der Waals surface area contributed by atoms with Crippen LogP contribution in [-0.2, 0) is 6.42 Å². The fourth-order valence-electron chi connectivity index (χ4n) is 10.1. The van der Waals surface area contributed by atoms with Crippen LogP contribution in [0.1, 0.15) is 98.2 Å². The Balaban J connectivity index is 1.37. The molecule has 33 heavy (non-hydrogen) atoms. The third-order valence-corrected chi connectivity index (χ3v) is 11.8. The molecule has 0 aromatic carbocycles. The van der Waals surface area contributed by atoms with Gasteiger partial charge in [-0.15, -0.1) is 5.10 Å². The average Bonchev–Trinajstić information content (AvgIpc) is 3.36. The summed E-state index contributed by atoms with van der Waals surface area (Å²) in [6.45, 7) is 12.5. The second kappa shape index (κ2) is 8.53. The number of aromatic nitrogens is 3. The van der Waals surface area contributed by atoms with Crippen LogP contribution in [0.25, 0.3) is 0 Å². The van der Waals surface area contributed by atoms with Crippen molar-refractivity contribution in [1.29, 1.82) is 0 Å². The quantitative estimate of drug-likeness (QED) is 0.518. The molecule has 0 bridgehead atoms. The number of aliphatic hydroxyl groups is 1. The van der Waals surface area contributed by atoms with Gasteiger partial charge in [-0.25, -0.2) is 0 Å². The first kappa shape index (κ1) is 23.6. The Morgan fingerprint density at radius 3 is 2.52 bits per heavy atom. The third kappa shape index (κ3) is 3.67. The number of aliphatic hydroxyl groups excluding tert-OH is 1. The normalized spacial score (nSPS) is 48.1. The molecule has 1 heterocycles. The Kier molecular flexibility index (Phi) is 6.11. The molecule has 11 atom stereocenters. The van der Waals surface area contributed by atoms with E-state index in [0.29, 0.717) is 40.4 Å². The van der Waals surface area contributed by atoms with E-state index in [1.54, 1.807) is 0 Å². The maximum atomic E-state index is 11.9. The molecular formula is C28H48N4O. The zero-order valence-electron chi connectivity index (χ0n) is 21.7. The first-order valence-electron chi connectivity index (χ1n) is 14.0. The van der Waals surface area contributed by atoms with Crippen molar-refractivity contribution < 1.29 is 5.11 Å². The number of nitrogens with two attached hydrogens (primary N) is 1. The van der Waals surface area contributed by atoms with Crippen molar-refractivity contribution in [2.75, 3.05) is 5.73 Å². The summed E-state index contributed by atoms with van der Waals surface area (Å²) in [5, 5.41) is 18.9. The summed E-state index contributed by atoms with van der Waals surface area (Å²) in [6, 6.07) is 0. The van der Waals surface area contributed by atoms with Crippen LogP contribution in [0, 0.1) is 58.2 Å². The zero-order valence-corrected chi connectivity index (χ0v) is 21.7. The number of hydrogen-bond donors (Lipinski definition) is 3. The highest BCUT2D eigenvalue weighted by Crippen LogP contribution is 2.69. The van der Waals surface area contributed by atoms with Gasteiger partial charge in [0.1, 0.15) is 5.82 Å². The summed E-state index contributed by atoms with van der Waals surface area (Å²) < 4.78 is 0. The molecule has 0 unspecified atom stereocenters. The number of fused-ring (bicyclic) bond motifs is 5. The van der Waals surface area contributed by atoms with Crippen molar-refractivity contribution in [3.8, 4) is 0 Å². The van der Waals surface area contributed by atoms with Gasteiger partial charge >= 0.3 is 0 Å². The molecule has 5 rings (SSSR count). The van der Waals surface area contributed by atoms with Crippen molar-refractivity contribution in [2.45, 2.75) is 105 Å². The van der Waals surface area contributed by atoms with E-state index in [1.165, 1.54) is 44.9 Å². The van der Waals surface area contributed by atoms with E-state index in [1.807, 2.05) is 0 Å². The van der Waals surface area contributed by atoms with E-state index >= 15 is 0 Å². The van der Waals surface area contributed by atoms with Gasteiger partial charge < -0.3 is 10.8 Å². The van der Waals surface area contributed by atoms with Gasteiger partial charge in [-0.1, -0.05) is 47.5 Å². The van der Waals surface area contributed by atoms with Crippen molar-refractivity contribution in [1.82, 2.24) is 15.2 Å². The first-order valence-corrected chi connectivity index (χ1v) is 14.0. The smallest absolute Gasteiger partial charge is 0.239 e. The lowest BCUT2D eigenvalue weighted by Crippen LogP contribution is -2.61. The molecule has 0 radical (unpaired) electrons. The SMILES string of the molecule is CC[C@H]1[C@@H](O)[C@@H]2[C@H](CC[C@]3(C)[C@@H]([C@H](C)CCc4nc(N)n[nH]4)CC[C@@H]23)[C@@]2(C)CC[C@H](C)C[C@@H]12. The molecule has 0 aliphatic heterocycles. The minimum atomic E-state index is -0.0979. The molecule has 0 spiro atoms. The van der Waals surface area contributed by atoms with Gasteiger partial charge in [-0.3, -0.25) is 5.10 Å². The molecule has 5 nitrogen and oxygen atoms in total. The van der Waals surface area contributed by atoms with Crippen LogP contribution in [-0.4, -0.2) is 26.4 Å². The summed E-state index contributed by atoms with van der Waals surface area (Å²) in [4.78, 5) is 4.32. The minimum Gasteiger partial charge on any atom is -0.393 e. The molecule has 0 amide bonds. The van der Waals surface area contributed by atoms with Gasteiger partial charge in [0, 0.05) is 6.42 Å². The van der Waals surface area contributed by atoms with E-state index in [2.05, 4.69) is 49.8 Å². The fourth-order valence-corrected chi connectivity index (χ4v) is 10.1. The van der Waals surface area contributed by atoms with Crippen LogP contribution in [0.5, 0.6) is 0 Å². The third-order valence-electron chi connectivity index (χ3n) is 11.8. The number of rotatable bonds is 5. The van der Waals surface area contributed by atoms with Gasteiger partial charge in [0.2, 0.25) is 5.95 Å². The van der Waals surface area contributed by atoms with Gasteiger partial charge in [-0.2, -0.15) is 4.98 Å². The molecule has 1 aromatic rings. The Morgan fingerprint density at radius 2 is 1.82 bits per heavy atom. The number of anilines is 1. The van der Waals surface area contributed by atoms with Crippen molar-refractivity contribution in [3.05, 3.63) is 5.82 Å². The number of H-pyrrole nitrogens is 1. The van der Waals surface area contributed by atoms with Crippen molar-refractivity contribution in [2.24, 2.45) is 58.2 Å². The number of aromatic amines is 1. The lowest BCUT2D eigenvalue weighted by Gasteiger charge is -2.65. The van der Waals surface area contributed by atoms with E-state index in [0.717, 1.165) is 48.8 Å². The lowest BCUT2D eigenvalue weighted by atomic mass is 9.41. The van der Waals surface area contributed by atoms with Crippen molar-refractivity contribution in [3.63, 3.8) is 0 Å². The first-order chi connectivity index (χ1) is 15.7. The lowest BCUT2D eigenvalue weighted by molar-refractivity contribution is -0.198. The second-order valence-corrected chi connectivity index (χ2v) is 13.2. The number of nitrogens with one attached hydrogen (secondary N) is 1. The molecule has 0 saturated heterocycles. The van der Waals surface area contributed by atoms with Crippen LogP contribution in [0.4, 0.5) is 5.95 Å². The van der Waals surface area contributed by atoms with E-state index in [9.17, 15) is 5.11 Å². The van der Waals surface area contributed by atoms with Gasteiger partial charge in [0.15, 0.2) is 0 Å². The highest BCUT2D eigenvalue weighted by molar-refractivity contribution is 5.14. The average molecular weight is 457 g/mol. The van der Waals surface area contributed by atoms with E-state index < -0.39 is 0 Å². The molecule has 5 heteroatoms. The Bertz CT molecular complexity index is 840. The Morgan fingerprint density at radius 1 is 1.09 bits per heavy atom. The Hall–Kier alpha value is -1.10. The summed E-state index contributed by atoms with van der Waals surface area (Å²) >= 11 is 0. The number of nitrogen functional groups attached to an aromatic ring is 1. The molecule has 4 aliphatic rings. The van der Waals surface area contributed by atoms with Crippen LogP contribution >= 0.6 is 0 Å². The molecule has 1 aromatic heterocycles. The fraction of sp³-hybridized carbons (Fsp3) is 0.929. The predicted octanol–water partition coefficient (Wildman–Crippen LogP) is 5.86. The van der Waals surface area contributed by atoms with Gasteiger partial charge in [-0.05, 0) is 103 Å². The highest BCUT2D eigenvalue weighted by Gasteiger charge is 2.64. The monoisotopic (exact) mass is 456 g/mol. The summed E-state index contributed by atoms with van der Waals surface area (Å²) in [5.41, 5.74) is 6.51.